The van der Waals surface area contributed by atoms with Crippen molar-refractivity contribution < 1.29 is 9.84 Å². The zero-order valence-electron chi connectivity index (χ0n) is 8.32. The molecule has 0 heterocycles. The van der Waals surface area contributed by atoms with Crippen LogP contribution in [0, 0.1) is 5.92 Å². The maximum Gasteiger partial charge on any atom is 0.194 e. The van der Waals surface area contributed by atoms with E-state index in [4.69, 9.17) is 4.74 Å². The summed E-state index contributed by atoms with van der Waals surface area (Å²) in [5, 5.41) is 10.1. The largest absolute Gasteiger partial charge is 0.362 e. The van der Waals surface area contributed by atoms with Crippen LogP contribution in [0.4, 0.5) is 0 Å². The SMILES string of the molecule is COC(O)(c1ccccc1)C(C)C. The minimum absolute atomic E-state index is 0.0277. The monoisotopic (exact) mass is 180 g/mol. The summed E-state index contributed by atoms with van der Waals surface area (Å²) < 4.78 is 5.14. The fourth-order valence-corrected chi connectivity index (χ4v) is 1.36. The van der Waals surface area contributed by atoms with Gasteiger partial charge in [-0.1, -0.05) is 44.2 Å². The summed E-state index contributed by atoms with van der Waals surface area (Å²) in [5.41, 5.74) is 0.799. The molecule has 13 heavy (non-hydrogen) atoms. The average Bonchev–Trinajstić information content (AvgIpc) is 2.17. The van der Waals surface area contributed by atoms with Crippen molar-refractivity contribution in [2.75, 3.05) is 7.11 Å². The first-order valence-corrected chi connectivity index (χ1v) is 4.44. The molecule has 0 amide bonds. The Morgan fingerprint density at radius 3 is 2.15 bits per heavy atom. The molecule has 1 aromatic rings. The molecule has 0 spiro atoms. The smallest absolute Gasteiger partial charge is 0.194 e. The Bertz CT molecular complexity index is 256. The Morgan fingerprint density at radius 1 is 1.23 bits per heavy atom. The fraction of sp³-hybridized carbons (Fsp3) is 0.455. The third-order valence-corrected chi connectivity index (χ3v) is 2.28. The summed E-state index contributed by atoms with van der Waals surface area (Å²) >= 11 is 0. The van der Waals surface area contributed by atoms with Crippen molar-refractivity contribution in [2.45, 2.75) is 19.6 Å². The number of benzene rings is 1. The van der Waals surface area contributed by atoms with Crippen molar-refractivity contribution in [3.63, 3.8) is 0 Å². The first kappa shape index (κ1) is 10.2. The molecule has 0 saturated heterocycles. The topological polar surface area (TPSA) is 29.5 Å². The lowest BCUT2D eigenvalue weighted by molar-refractivity contribution is -0.223. The normalized spacial score (nSPS) is 15.8. The quantitative estimate of drug-likeness (QED) is 0.722. The molecule has 1 unspecified atom stereocenters. The number of hydrogen-bond donors (Lipinski definition) is 1. The molecule has 1 aromatic carbocycles. The molecule has 0 fully saturated rings. The van der Waals surface area contributed by atoms with Crippen molar-refractivity contribution in [3.8, 4) is 0 Å². The van der Waals surface area contributed by atoms with E-state index < -0.39 is 5.79 Å². The Kier molecular flexibility index (Phi) is 3.07. The lowest BCUT2D eigenvalue weighted by Gasteiger charge is -2.30. The molecule has 0 aliphatic carbocycles. The molecule has 0 aliphatic heterocycles. The van der Waals surface area contributed by atoms with Crippen molar-refractivity contribution in [1.29, 1.82) is 0 Å². The van der Waals surface area contributed by atoms with Gasteiger partial charge in [-0.25, -0.2) is 0 Å². The second kappa shape index (κ2) is 3.90. The number of ether oxygens (including phenoxy) is 1. The fourth-order valence-electron chi connectivity index (χ4n) is 1.36. The van der Waals surface area contributed by atoms with E-state index in [0.717, 1.165) is 5.56 Å². The van der Waals surface area contributed by atoms with E-state index in [1.54, 1.807) is 0 Å². The van der Waals surface area contributed by atoms with Crippen LogP contribution in [0.5, 0.6) is 0 Å². The van der Waals surface area contributed by atoms with E-state index in [9.17, 15) is 5.11 Å². The molecule has 72 valence electrons. The summed E-state index contributed by atoms with van der Waals surface area (Å²) in [5.74, 6) is -1.14. The number of hydrogen-bond acceptors (Lipinski definition) is 2. The molecule has 1 N–H and O–H groups in total. The van der Waals surface area contributed by atoms with E-state index in [-0.39, 0.29) is 5.92 Å². The molecule has 0 saturated carbocycles. The summed E-state index contributed by atoms with van der Waals surface area (Å²) in [7, 11) is 1.52. The van der Waals surface area contributed by atoms with Crippen LogP contribution in [0.2, 0.25) is 0 Å². The Balaban J connectivity index is 3.03. The van der Waals surface area contributed by atoms with Gasteiger partial charge in [-0.3, -0.25) is 0 Å². The van der Waals surface area contributed by atoms with E-state index in [1.165, 1.54) is 7.11 Å². The van der Waals surface area contributed by atoms with Crippen molar-refractivity contribution in [1.82, 2.24) is 0 Å². The summed E-state index contributed by atoms with van der Waals surface area (Å²) in [6.45, 7) is 3.85. The number of rotatable bonds is 3. The Morgan fingerprint density at radius 2 is 1.77 bits per heavy atom. The van der Waals surface area contributed by atoms with Crippen LogP contribution in [-0.2, 0) is 10.5 Å². The van der Waals surface area contributed by atoms with E-state index in [1.807, 2.05) is 44.2 Å². The van der Waals surface area contributed by atoms with Crippen LogP contribution < -0.4 is 0 Å². The zero-order valence-corrected chi connectivity index (χ0v) is 8.32. The van der Waals surface area contributed by atoms with Gasteiger partial charge < -0.3 is 9.84 Å². The maximum atomic E-state index is 10.1. The molecule has 2 heteroatoms. The molecule has 0 aliphatic rings. The highest BCUT2D eigenvalue weighted by atomic mass is 16.6. The van der Waals surface area contributed by atoms with Gasteiger partial charge in [0.05, 0.1) is 0 Å². The highest BCUT2D eigenvalue weighted by molar-refractivity contribution is 5.20. The molecule has 0 bridgehead atoms. The molecule has 0 radical (unpaired) electrons. The lowest BCUT2D eigenvalue weighted by atomic mass is 9.95. The van der Waals surface area contributed by atoms with Gasteiger partial charge in [0.15, 0.2) is 5.79 Å². The highest BCUT2D eigenvalue weighted by Gasteiger charge is 2.32. The predicted octanol–water partition coefficient (Wildman–Crippen LogP) is 2.13. The van der Waals surface area contributed by atoms with Crippen LogP contribution >= 0.6 is 0 Å². The molecule has 1 atom stereocenters. The van der Waals surface area contributed by atoms with Gasteiger partial charge in [0, 0.05) is 18.6 Å². The Hall–Kier alpha value is -0.860. The van der Waals surface area contributed by atoms with Crippen molar-refractivity contribution >= 4 is 0 Å². The predicted molar refractivity (Wildman–Crippen MR) is 52.2 cm³/mol. The Labute approximate surface area is 79.2 Å². The third-order valence-electron chi connectivity index (χ3n) is 2.28. The van der Waals surface area contributed by atoms with Gasteiger partial charge in [-0.05, 0) is 0 Å². The van der Waals surface area contributed by atoms with Gasteiger partial charge in [0.2, 0.25) is 0 Å². The number of methoxy groups -OCH3 is 1. The summed E-state index contributed by atoms with van der Waals surface area (Å²) in [6, 6.07) is 9.43. The first-order valence-electron chi connectivity index (χ1n) is 4.44. The minimum atomic E-state index is -1.17. The van der Waals surface area contributed by atoms with Gasteiger partial charge in [0.25, 0.3) is 0 Å². The standard InChI is InChI=1S/C11H16O2/c1-9(2)11(12,13-3)10-7-5-4-6-8-10/h4-9,12H,1-3H3. The highest BCUT2D eigenvalue weighted by Crippen LogP contribution is 2.29. The molecule has 0 aromatic heterocycles. The molecular formula is C11H16O2. The van der Waals surface area contributed by atoms with Crippen molar-refractivity contribution in [3.05, 3.63) is 35.9 Å². The number of aliphatic hydroxyl groups is 1. The molecule has 2 nitrogen and oxygen atoms in total. The van der Waals surface area contributed by atoms with Crippen LogP contribution in [0.3, 0.4) is 0 Å². The van der Waals surface area contributed by atoms with Crippen LogP contribution in [0.15, 0.2) is 30.3 Å². The first-order chi connectivity index (χ1) is 6.11. The van der Waals surface area contributed by atoms with E-state index in [0.29, 0.717) is 0 Å². The molecule has 1 rings (SSSR count). The van der Waals surface area contributed by atoms with Gasteiger partial charge >= 0.3 is 0 Å². The van der Waals surface area contributed by atoms with Gasteiger partial charge in [-0.2, -0.15) is 0 Å². The second-order valence-corrected chi connectivity index (χ2v) is 3.42. The van der Waals surface area contributed by atoms with Crippen LogP contribution in [0.25, 0.3) is 0 Å². The van der Waals surface area contributed by atoms with E-state index >= 15 is 0 Å². The van der Waals surface area contributed by atoms with Crippen LogP contribution in [0.1, 0.15) is 19.4 Å². The van der Waals surface area contributed by atoms with Gasteiger partial charge in [-0.15, -0.1) is 0 Å². The summed E-state index contributed by atoms with van der Waals surface area (Å²) in [4.78, 5) is 0. The maximum absolute atomic E-state index is 10.1. The zero-order chi connectivity index (χ0) is 9.90. The molecular weight excluding hydrogens is 164 g/mol. The average molecular weight is 180 g/mol. The van der Waals surface area contributed by atoms with E-state index in [2.05, 4.69) is 0 Å². The van der Waals surface area contributed by atoms with Gasteiger partial charge in [0.1, 0.15) is 0 Å². The third kappa shape index (κ3) is 1.90. The lowest BCUT2D eigenvalue weighted by Crippen LogP contribution is -2.33. The minimum Gasteiger partial charge on any atom is -0.362 e. The van der Waals surface area contributed by atoms with Crippen molar-refractivity contribution in [2.24, 2.45) is 5.92 Å². The van der Waals surface area contributed by atoms with Crippen LogP contribution in [-0.4, -0.2) is 12.2 Å². The second-order valence-electron chi connectivity index (χ2n) is 3.42. The summed E-state index contributed by atoms with van der Waals surface area (Å²) in [6.07, 6.45) is 0.